The number of carbonyl (C=O) groups is 2. The minimum Gasteiger partial charge on any atom is -0.394 e. The Morgan fingerprint density at radius 1 is 0.786 bits per heavy atom. The smallest absolute Gasteiger partial charge is 0.244 e. The number of carbonyl (C=O) groups excluding carboxylic acids is 2. The van der Waals surface area contributed by atoms with Gasteiger partial charge in [0, 0.05) is 13.0 Å². The number of nitrogens with two attached hydrogens (primary N) is 1. The van der Waals surface area contributed by atoms with Crippen molar-refractivity contribution in [3.8, 4) is 0 Å². The molecule has 1 aliphatic rings. The molecule has 0 aromatic carbocycles. The van der Waals surface area contributed by atoms with E-state index in [1.165, 1.54) is 77.0 Å². The number of aliphatic hydroxyl groups is 3. The molecule has 0 aromatic rings. The van der Waals surface area contributed by atoms with Gasteiger partial charge in [0.25, 0.3) is 0 Å². The predicted molar refractivity (Wildman–Crippen MR) is 166 cm³/mol. The molecule has 1 aliphatic heterocycles. The Labute approximate surface area is 254 Å². The topological polar surface area (TPSA) is 163 Å². The molecule has 0 saturated carbocycles. The first-order valence-corrected chi connectivity index (χ1v) is 16.9. The summed E-state index contributed by atoms with van der Waals surface area (Å²) in [6.07, 6.45) is 16.4. The highest BCUT2D eigenvalue weighted by molar-refractivity contribution is 5.87. The van der Waals surface area contributed by atoms with Crippen LogP contribution in [0.15, 0.2) is 0 Å². The lowest BCUT2D eigenvalue weighted by molar-refractivity contribution is -0.266. The number of hydrogen-bond donors (Lipinski definition) is 6. The van der Waals surface area contributed by atoms with Gasteiger partial charge in [-0.15, -0.1) is 0 Å². The molecule has 1 heterocycles. The molecule has 10 heteroatoms. The molecule has 1 saturated heterocycles. The van der Waals surface area contributed by atoms with Crippen LogP contribution in [-0.4, -0.2) is 83.6 Å². The SMILES string of the molecule is CCCCCCCCCCCNC(=O)[C@H](CO[C@@H]1O[C@H](CO)[C@@H](O)[C@H](O)[C@H]1N)NC(=O)CCCCCCCCCCC. The second-order valence-electron chi connectivity index (χ2n) is 11.9. The predicted octanol–water partition coefficient (Wildman–Crippen LogP) is 3.82. The van der Waals surface area contributed by atoms with Crippen LogP contribution in [-0.2, 0) is 19.1 Å². The van der Waals surface area contributed by atoms with Gasteiger partial charge in [0.2, 0.25) is 11.8 Å². The highest BCUT2D eigenvalue weighted by Gasteiger charge is 2.43. The summed E-state index contributed by atoms with van der Waals surface area (Å²) in [6.45, 7) is 4.20. The summed E-state index contributed by atoms with van der Waals surface area (Å²) < 4.78 is 11.2. The minimum atomic E-state index is -1.36. The van der Waals surface area contributed by atoms with Crippen molar-refractivity contribution in [2.75, 3.05) is 19.8 Å². The third-order valence-electron chi connectivity index (χ3n) is 8.09. The van der Waals surface area contributed by atoms with Crippen molar-refractivity contribution < 1.29 is 34.4 Å². The molecule has 0 aliphatic carbocycles. The van der Waals surface area contributed by atoms with Gasteiger partial charge < -0.3 is 41.2 Å². The Bertz CT molecular complexity index is 682. The molecule has 0 bridgehead atoms. The quantitative estimate of drug-likeness (QED) is 0.0815. The molecule has 0 radical (unpaired) electrons. The van der Waals surface area contributed by atoms with E-state index in [2.05, 4.69) is 24.5 Å². The molecule has 1 fully saturated rings. The highest BCUT2D eigenvalue weighted by atomic mass is 16.7. The van der Waals surface area contributed by atoms with Crippen molar-refractivity contribution in [1.82, 2.24) is 10.6 Å². The van der Waals surface area contributed by atoms with Gasteiger partial charge in [-0.2, -0.15) is 0 Å². The van der Waals surface area contributed by atoms with Gasteiger partial charge in [0.1, 0.15) is 24.4 Å². The minimum absolute atomic E-state index is 0.216. The fourth-order valence-electron chi connectivity index (χ4n) is 5.26. The van der Waals surface area contributed by atoms with E-state index in [1.807, 2.05) is 0 Å². The first kappa shape index (κ1) is 38.7. The van der Waals surface area contributed by atoms with Gasteiger partial charge in [-0.3, -0.25) is 9.59 Å². The summed E-state index contributed by atoms with van der Waals surface area (Å²) in [6, 6.07) is -2.03. The van der Waals surface area contributed by atoms with Crippen molar-refractivity contribution in [3.63, 3.8) is 0 Å². The van der Waals surface area contributed by atoms with Crippen molar-refractivity contribution in [3.05, 3.63) is 0 Å². The molecular weight excluding hydrogens is 538 g/mol. The first-order chi connectivity index (χ1) is 20.3. The van der Waals surface area contributed by atoms with Crippen LogP contribution in [0.3, 0.4) is 0 Å². The van der Waals surface area contributed by atoms with Gasteiger partial charge in [0.05, 0.1) is 19.3 Å². The van der Waals surface area contributed by atoms with E-state index in [0.717, 1.165) is 38.5 Å². The van der Waals surface area contributed by atoms with Gasteiger partial charge in [-0.1, -0.05) is 117 Å². The molecule has 0 aromatic heterocycles. The first-order valence-electron chi connectivity index (χ1n) is 16.9. The largest absolute Gasteiger partial charge is 0.394 e. The second kappa shape index (κ2) is 25.1. The number of ether oxygens (including phenoxy) is 2. The zero-order valence-corrected chi connectivity index (χ0v) is 26.6. The molecule has 0 spiro atoms. The van der Waals surface area contributed by atoms with Crippen LogP contribution in [0, 0.1) is 0 Å². The van der Waals surface area contributed by atoms with E-state index in [4.69, 9.17) is 15.2 Å². The Hall–Kier alpha value is -1.30. The summed E-state index contributed by atoms with van der Waals surface area (Å²) in [7, 11) is 0. The van der Waals surface area contributed by atoms with E-state index < -0.39 is 43.3 Å². The van der Waals surface area contributed by atoms with Crippen LogP contribution in [0.25, 0.3) is 0 Å². The fourth-order valence-corrected chi connectivity index (χ4v) is 5.26. The molecule has 2 amide bonds. The van der Waals surface area contributed by atoms with Crippen molar-refractivity contribution >= 4 is 11.8 Å². The lowest BCUT2D eigenvalue weighted by atomic mass is 9.98. The Morgan fingerprint density at radius 2 is 1.29 bits per heavy atom. The average molecular weight is 602 g/mol. The Balaban J connectivity index is 2.49. The molecular formula is C32H63N3O7. The summed E-state index contributed by atoms with van der Waals surface area (Å²) in [5.74, 6) is -0.569. The standard InChI is InChI=1S/C32H63N3O7/c1-3-5-7-9-11-13-15-17-19-21-27(37)35-25(24-41-32-28(33)30(39)29(38)26(23-36)42-32)31(40)34-22-20-18-16-14-12-10-8-6-4-2/h25-26,28-30,32,36,38-39H,3-24,33H2,1-2H3,(H,34,40)(H,35,37)/t25-,26+,28+,29+,30+,32+/m0/s1. The number of nitrogens with one attached hydrogen (secondary N) is 2. The van der Waals surface area contributed by atoms with Crippen LogP contribution < -0.4 is 16.4 Å². The molecule has 1 rings (SSSR count). The number of hydrogen-bond acceptors (Lipinski definition) is 8. The van der Waals surface area contributed by atoms with E-state index >= 15 is 0 Å². The van der Waals surface area contributed by atoms with Gasteiger partial charge in [0.15, 0.2) is 6.29 Å². The van der Waals surface area contributed by atoms with Crippen LogP contribution >= 0.6 is 0 Å². The Kier molecular flexibility index (Phi) is 23.1. The number of unbranched alkanes of at least 4 members (excludes halogenated alkanes) is 16. The normalized spacial score (nSPS) is 23.0. The van der Waals surface area contributed by atoms with Crippen molar-refractivity contribution in [1.29, 1.82) is 0 Å². The van der Waals surface area contributed by atoms with Crippen LogP contribution in [0.5, 0.6) is 0 Å². The summed E-state index contributed by atoms with van der Waals surface area (Å²) >= 11 is 0. The van der Waals surface area contributed by atoms with E-state index in [0.29, 0.717) is 13.0 Å². The number of aliphatic hydroxyl groups excluding tert-OH is 3. The second-order valence-corrected chi connectivity index (χ2v) is 11.9. The maximum atomic E-state index is 13.0. The Morgan fingerprint density at radius 3 is 1.81 bits per heavy atom. The van der Waals surface area contributed by atoms with Crippen LogP contribution in [0.1, 0.15) is 136 Å². The highest BCUT2D eigenvalue weighted by Crippen LogP contribution is 2.21. The van der Waals surface area contributed by atoms with Gasteiger partial charge in [-0.05, 0) is 12.8 Å². The molecule has 7 N–H and O–H groups in total. The van der Waals surface area contributed by atoms with E-state index in [-0.39, 0.29) is 18.4 Å². The molecule has 42 heavy (non-hydrogen) atoms. The zero-order valence-electron chi connectivity index (χ0n) is 26.6. The van der Waals surface area contributed by atoms with Crippen LogP contribution in [0.4, 0.5) is 0 Å². The van der Waals surface area contributed by atoms with E-state index in [1.54, 1.807) is 0 Å². The zero-order chi connectivity index (χ0) is 31.0. The molecule has 6 atom stereocenters. The third-order valence-corrected chi connectivity index (χ3v) is 8.09. The lowest BCUT2D eigenvalue weighted by Gasteiger charge is -2.40. The third kappa shape index (κ3) is 17.1. The number of rotatable bonds is 26. The maximum absolute atomic E-state index is 13.0. The van der Waals surface area contributed by atoms with Crippen molar-refractivity contribution in [2.24, 2.45) is 5.73 Å². The van der Waals surface area contributed by atoms with Gasteiger partial charge >= 0.3 is 0 Å². The fraction of sp³-hybridized carbons (Fsp3) is 0.938. The molecule has 0 unspecified atom stereocenters. The summed E-state index contributed by atoms with van der Waals surface area (Å²) in [4.78, 5) is 25.7. The molecule has 10 nitrogen and oxygen atoms in total. The average Bonchev–Trinajstić information content (AvgIpc) is 2.98. The maximum Gasteiger partial charge on any atom is 0.244 e. The lowest BCUT2D eigenvalue weighted by Crippen LogP contribution is -2.63. The van der Waals surface area contributed by atoms with E-state index in [9.17, 15) is 24.9 Å². The van der Waals surface area contributed by atoms with Crippen molar-refractivity contribution in [2.45, 2.75) is 173 Å². The van der Waals surface area contributed by atoms with Gasteiger partial charge in [-0.25, -0.2) is 0 Å². The summed E-state index contributed by atoms with van der Waals surface area (Å²) in [5.41, 5.74) is 5.98. The van der Waals surface area contributed by atoms with Crippen LogP contribution in [0.2, 0.25) is 0 Å². The number of amides is 2. The molecule has 248 valence electrons. The monoisotopic (exact) mass is 601 g/mol. The summed E-state index contributed by atoms with van der Waals surface area (Å²) in [5, 5.41) is 35.4.